The summed E-state index contributed by atoms with van der Waals surface area (Å²) in [7, 11) is -2.99. The summed E-state index contributed by atoms with van der Waals surface area (Å²) in [6, 6.07) is 6.29. The molecule has 0 saturated heterocycles. The van der Waals surface area contributed by atoms with Crippen LogP contribution in [0.1, 0.15) is 12.5 Å². The number of sulfone groups is 1. The smallest absolute Gasteiger partial charge is 0.151 e. The molecule has 2 N–H and O–H groups in total. The van der Waals surface area contributed by atoms with E-state index in [-0.39, 0.29) is 37.1 Å². The molecule has 0 saturated carbocycles. The van der Waals surface area contributed by atoms with Gasteiger partial charge >= 0.3 is 0 Å². The van der Waals surface area contributed by atoms with Gasteiger partial charge in [0.25, 0.3) is 0 Å². The van der Waals surface area contributed by atoms with Gasteiger partial charge in [0.05, 0.1) is 25.1 Å². The largest absolute Gasteiger partial charge is 0.389 e. The van der Waals surface area contributed by atoms with Crippen LogP contribution >= 0.6 is 0 Å². The number of aliphatic hydroxyl groups excluding tert-OH is 1. The third-order valence-electron chi connectivity index (χ3n) is 2.94. The van der Waals surface area contributed by atoms with Crippen molar-refractivity contribution in [2.45, 2.75) is 19.6 Å². The molecule has 1 rings (SSSR count). The Balaban J connectivity index is 2.14. The third-order valence-corrected chi connectivity index (χ3v) is 4.64. The molecule has 0 fully saturated rings. The Labute approximate surface area is 125 Å². The Morgan fingerprint density at radius 2 is 2.10 bits per heavy atom. The summed E-state index contributed by atoms with van der Waals surface area (Å²) < 4.78 is 41.0. The normalized spacial score (nSPS) is 13.3. The van der Waals surface area contributed by atoms with Crippen LogP contribution in [0.4, 0.5) is 4.39 Å². The van der Waals surface area contributed by atoms with Crippen LogP contribution < -0.4 is 5.32 Å². The van der Waals surface area contributed by atoms with E-state index in [1.807, 2.05) is 0 Å². The highest BCUT2D eigenvalue weighted by molar-refractivity contribution is 7.91. The molecule has 21 heavy (non-hydrogen) atoms. The van der Waals surface area contributed by atoms with Crippen LogP contribution in [0.5, 0.6) is 0 Å². The molecule has 5 nitrogen and oxygen atoms in total. The minimum atomic E-state index is -2.99. The van der Waals surface area contributed by atoms with Gasteiger partial charge in [-0.3, -0.25) is 0 Å². The first-order valence-corrected chi connectivity index (χ1v) is 8.67. The van der Waals surface area contributed by atoms with Crippen LogP contribution in [-0.4, -0.2) is 50.8 Å². The van der Waals surface area contributed by atoms with E-state index in [4.69, 9.17) is 4.74 Å². The Bertz CT molecular complexity index is 521. The minimum absolute atomic E-state index is 0.0479. The number of rotatable bonds is 10. The van der Waals surface area contributed by atoms with Crippen molar-refractivity contribution in [3.63, 3.8) is 0 Å². The van der Waals surface area contributed by atoms with Gasteiger partial charge in [0.2, 0.25) is 0 Å². The van der Waals surface area contributed by atoms with Crippen LogP contribution in [0.2, 0.25) is 0 Å². The van der Waals surface area contributed by atoms with E-state index in [9.17, 15) is 17.9 Å². The van der Waals surface area contributed by atoms with Crippen LogP contribution in [0, 0.1) is 5.82 Å². The molecule has 1 aromatic carbocycles. The van der Waals surface area contributed by atoms with Gasteiger partial charge in [-0.05, 0) is 6.07 Å². The third kappa shape index (κ3) is 7.52. The van der Waals surface area contributed by atoms with Gasteiger partial charge in [-0.2, -0.15) is 0 Å². The molecule has 0 bridgehead atoms. The maximum Gasteiger partial charge on any atom is 0.151 e. The van der Waals surface area contributed by atoms with Crippen LogP contribution in [0.15, 0.2) is 24.3 Å². The lowest BCUT2D eigenvalue weighted by molar-refractivity contribution is 0.0281. The molecule has 0 amide bonds. The van der Waals surface area contributed by atoms with Gasteiger partial charge in [-0.1, -0.05) is 25.1 Å². The summed E-state index contributed by atoms with van der Waals surface area (Å²) in [5.74, 6) is -0.176. The number of ether oxygens (including phenoxy) is 1. The van der Waals surface area contributed by atoms with E-state index in [0.29, 0.717) is 12.1 Å². The first-order chi connectivity index (χ1) is 9.94. The van der Waals surface area contributed by atoms with Crippen molar-refractivity contribution in [2.24, 2.45) is 0 Å². The Hall–Kier alpha value is -1.02. The molecule has 0 radical (unpaired) electrons. The Kier molecular flexibility index (Phi) is 7.81. The van der Waals surface area contributed by atoms with Crippen molar-refractivity contribution in [1.82, 2.24) is 5.32 Å². The summed E-state index contributed by atoms with van der Waals surface area (Å²) in [5.41, 5.74) is 0.437. The lowest BCUT2D eigenvalue weighted by atomic mass is 10.2. The Morgan fingerprint density at radius 1 is 1.38 bits per heavy atom. The van der Waals surface area contributed by atoms with Gasteiger partial charge in [0.15, 0.2) is 9.84 Å². The standard InChI is InChI=1S/C14H22FNO4S/c1-2-21(18,19)8-7-16-9-13(17)11-20-10-12-5-3-4-6-14(12)15/h3-6,13,16-17H,2,7-11H2,1H3. The van der Waals surface area contributed by atoms with Crippen molar-refractivity contribution in [3.05, 3.63) is 35.6 Å². The topological polar surface area (TPSA) is 75.6 Å². The van der Waals surface area contributed by atoms with E-state index in [2.05, 4.69) is 5.32 Å². The highest BCUT2D eigenvalue weighted by atomic mass is 32.2. The summed E-state index contributed by atoms with van der Waals surface area (Å²) >= 11 is 0. The van der Waals surface area contributed by atoms with E-state index in [0.717, 1.165) is 0 Å². The summed E-state index contributed by atoms with van der Waals surface area (Å²) in [6.45, 7) is 2.27. The average molecular weight is 319 g/mol. The lowest BCUT2D eigenvalue weighted by Gasteiger charge is -2.12. The molecule has 1 aromatic rings. The van der Waals surface area contributed by atoms with E-state index < -0.39 is 15.9 Å². The first-order valence-electron chi connectivity index (χ1n) is 6.85. The van der Waals surface area contributed by atoms with Crippen LogP contribution in [-0.2, 0) is 21.2 Å². The number of benzene rings is 1. The summed E-state index contributed by atoms with van der Waals surface area (Å²) in [4.78, 5) is 0. The van der Waals surface area contributed by atoms with Gasteiger partial charge < -0.3 is 15.2 Å². The number of hydrogen-bond acceptors (Lipinski definition) is 5. The van der Waals surface area contributed by atoms with Gasteiger partial charge in [-0.15, -0.1) is 0 Å². The van der Waals surface area contributed by atoms with E-state index in [1.165, 1.54) is 6.07 Å². The molecule has 0 aliphatic rings. The Morgan fingerprint density at radius 3 is 2.76 bits per heavy atom. The molecule has 0 spiro atoms. The average Bonchev–Trinajstić information content (AvgIpc) is 2.46. The van der Waals surface area contributed by atoms with Crippen LogP contribution in [0.25, 0.3) is 0 Å². The summed E-state index contributed by atoms with van der Waals surface area (Å²) in [6.07, 6.45) is -0.763. The predicted molar refractivity (Wildman–Crippen MR) is 79.3 cm³/mol. The van der Waals surface area contributed by atoms with Crippen molar-refractivity contribution < 1.29 is 22.7 Å². The molecule has 0 heterocycles. The van der Waals surface area contributed by atoms with Crippen molar-refractivity contribution >= 4 is 9.84 Å². The number of nitrogens with one attached hydrogen (secondary N) is 1. The fourth-order valence-corrected chi connectivity index (χ4v) is 2.36. The number of halogens is 1. The van der Waals surface area contributed by atoms with E-state index in [1.54, 1.807) is 25.1 Å². The molecule has 120 valence electrons. The molecule has 0 aliphatic carbocycles. The minimum Gasteiger partial charge on any atom is -0.389 e. The SMILES string of the molecule is CCS(=O)(=O)CCNCC(O)COCc1ccccc1F. The highest BCUT2D eigenvalue weighted by Crippen LogP contribution is 2.07. The van der Waals surface area contributed by atoms with Crippen molar-refractivity contribution in [3.8, 4) is 0 Å². The van der Waals surface area contributed by atoms with E-state index >= 15 is 0 Å². The second-order valence-corrected chi connectivity index (χ2v) is 7.17. The second kappa shape index (κ2) is 9.09. The predicted octanol–water partition coefficient (Wildman–Crippen LogP) is 0.728. The van der Waals surface area contributed by atoms with Crippen molar-refractivity contribution in [1.29, 1.82) is 0 Å². The zero-order valence-electron chi connectivity index (χ0n) is 12.1. The molecule has 7 heteroatoms. The fraction of sp³-hybridized carbons (Fsp3) is 0.571. The number of hydrogen-bond donors (Lipinski definition) is 2. The maximum absolute atomic E-state index is 13.3. The molecular weight excluding hydrogens is 297 g/mol. The maximum atomic E-state index is 13.3. The highest BCUT2D eigenvalue weighted by Gasteiger charge is 2.09. The zero-order valence-corrected chi connectivity index (χ0v) is 12.9. The van der Waals surface area contributed by atoms with Crippen molar-refractivity contribution in [2.75, 3.05) is 31.2 Å². The summed E-state index contributed by atoms with van der Waals surface area (Å²) in [5, 5.41) is 12.5. The molecule has 0 aliphatic heterocycles. The fourth-order valence-electron chi connectivity index (χ4n) is 1.62. The zero-order chi connectivity index (χ0) is 15.7. The lowest BCUT2D eigenvalue weighted by Crippen LogP contribution is -2.33. The molecule has 1 unspecified atom stereocenters. The van der Waals surface area contributed by atoms with Gasteiger partial charge in [0, 0.05) is 24.4 Å². The van der Waals surface area contributed by atoms with Gasteiger partial charge in [-0.25, -0.2) is 12.8 Å². The van der Waals surface area contributed by atoms with Crippen LogP contribution in [0.3, 0.4) is 0 Å². The molecular formula is C14H22FNO4S. The second-order valence-electron chi connectivity index (χ2n) is 4.70. The first kappa shape index (κ1) is 18.0. The number of aliphatic hydroxyl groups is 1. The molecule has 0 aromatic heterocycles. The molecule has 1 atom stereocenters. The monoisotopic (exact) mass is 319 g/mol. The quantitative estimate of drug-likeness (QED) is 0.622. The van der Waals surface area contributed by atoms with Gasteiger partial charge in [0.1, 0.15) is 5.82 Å².